The number of nitrogen functional groups attached to an aromatic ring is 1. The van der Waals surface area contributed by atoms with Crippen LogP contribution in [-0.2, 0) is 9.53 Å². The van der Waals surface area contributed by atoms with Crippen LogP contribution in [0.5, 0.6) is 0 Å². The average molecular weight is 279 g/mol. The summed E-state index contributed by atoms with van der Waals surface area (Å²) < 4.78 is 5.00. The Hall–Kier alpha value is -1.59. The van der Waals surface area contributed by atoms with Gasteiger partial charge in [-0.25, -0.2) is 0 Å². The third-order valence-corrected chi connectivity index (χ3v) is 3.26. The van der Waals surface area contributed by atoms with Crippen LogP contribution >= 0.6 is 0 Å². The molecule has 0 saturated carbocycles. The number of amides is 1. The molecule has 0 aromatic heterocycles. The number of ether oxygens (including phenoxy) is 1. The number of carbonyl (C=O) groups is 1. The first kappa shape index (κ1) is 16.5. The van der Waals surface area contributed by atoms with Crippen molar-refractivity contribution >= 4 is 17.3 Å². The third-order valence-electron chi connectivity index (χ3n) is 3.26. The highest BCUT2D eigenvalue weighted by molar-refractivity contribution is 5.92. The zero-order valence-electron chi connectivity index (χ0n) is 12.6. The Morgan fingerprint density at radius 2 is 2.15 bits per heavy atom. The van der Waals surface area contributed by atoms with Gasteiger partial charge >= 0.3 is 0 Å². The summed E-state index contributed by atoms with van der Waals surface area (Å²) in [6, 6.07) is 5.54. The van der Waals surface area contributed by atoms with Crippen molar-refractivity contribution in [1.29, 1.82) is 0 Å². The molecule has 0 aliphatic heterocycles. The van der Waals surface area contributed by atoms with E-state index in [1.54, 1.807) is 7.11 Å². The molecule has 0 bridgehead atoms. The van der Waals surface area contributed by atoms with Crippen molar-refractivity contribution in [2.75, 3.05) is 44.9 Å². The van der Waals surface area contributed by atoms with E-state index in [0.717, 1.165) is 37.4 Å². The summed E-state index contributed by atoms with van der Waals surface area (Å²) >= 11 is 0. The topological polar surface area (TPSA) is 67.6 Å². The molecule has 0 atom stereocenters. The van der Waals surface area contributed by atoms with Gasteiger partial charge in [0.25, 0.3) is 0 Å². The first-order valence-corrected chi connectivity index (χ1v) is 6.87. The van der Waals surface area contributed by atoms with Crippen LogP contribution < -0.4 is 11.1 Å². The lowest BCUT2D eigenvalue weighted by Crippen LogP contribution is -2.26. The minimum atomic E-state index is 0.0114. The molecular weight excluding hydrogens is 254 g/mol. The van der Waals surface area contributed by atoms with Gasteiger partial charge in [-0.05, 0) is 38.1 Å². The van der Waals surface area contributed by atoms with E-state index in [0.29, 0.717) is 12.1 Å². The Balaban J connectivity index is 2.35. The van der Waals surface area contributed by atoms with Gasteiger partial charge in [0.15, 0.2) is 0 Å². The van der Waals surface area contributed by atoms with Crippen molar-refractivity contribution in [3.8, 4) is 0 Å². The molecule has 1 amide bonds. The average Bonchev–Trinajstić information content (AvgIpc) is 2.42. The van der Waals surface area contributed by atoms with Crippen LogP contribution in [0.25, 0.3) is 0 Å². The molecule has 112 valence electrons. The summed E-state index contributed by atoms with van der Waals surface area (Å²) in [4.78, 5) is 14.0. The van der Waals surface area contributed by atoms with Crippen molar-refractivity contribution in [1.82, 2.24) is 4.90 Å². The van der Waals surface area contributed by atoms with Crippen LogP contribution in [0.2, 0.25) is 0 Å². The number of benzene rings is 1. The monoisotopic (exact) mass is 279 g/mol. The van der Waals surface area contributed by atoms with E-state index in [9.17, 15) is 4.79 Å². The largest absolute Gasteiger partial charge is 0.398 e. The van der Waals surface area contributed by atoms with Gasteiger partial charge in [-0.15, -0.1) is 0 Å². The number of hydrogen-bond donors (Lipinski definition) is 2. The van der Waals surface area contributed by atoms with Crippen LogP contribution in [-0.4, -0.2) is 44.7 Å². The number of nitrogens with one attached hydrogen (secondary N) is 1. The molecule has 1 aromatic rings. The van der Waals surface area contributed by atoms with Crippen molar-refractivity contribution in [2.24, 2.45) is 0 Å². The maximum absolute atomic E-state index is 11.9. The summed E-state index contributed by atoms with van der Waals surface area (Å²) in [6.07, 6.45) is 1.45. The molecule has 0 aliphatic rings. The zero-order chi connectivity index (χ0) is 15.0. The molecule has 0 saturated heterocycles. The van der Waals surface area contributed by atoms with Gasteiger partial charge in [-0.3, -0.25) is 4.79 Å². The second kappa shape index (κ2) is 8.55. The van der Waals surface area contributed by atoms with E-state index < -0.39 is 0 Å². The standard InChI is InChI=1S/C15H25N3O2/c1-12-13(16)6-4-7-14(12)17-15(19)8-10-18(2)9-5-11-20-3/h4,6-7H,5,8-11,16H2,1-3H3,(H,17,19). The molecule has 20 heavy (non-hydrogen) atoms. The highest BCUT2D eigenvalue weighted by Gasteiger charge is 2.07. The summed E-state index contributed by atoms with van der Waals surface area (Å²) in [5, 5.41) is 2.90. The number of carbonyl (C=O) groups excluding carboxylic acids is 1. The van der Waals surface area contributed by atoms with Crippen LogP contribution in [0, 0.1) is 6.92 Å². The molecule has 3 N–H and O–H groups in total. The Morgan fingerprint density at radius 3 is 2.85 bits per heavy atom. The molecule has 1 rings (SSSR count). The van der Waals surface area contributed by atoms with Crippen molar-refractivity contribution in [2.45, 2.75) is 19.8 Å². The number of nitrogens with two attached hydrogens (primary N) is 1. The van der Waals surface area contributed by atoms with E-state index in [2.05, 4.69) is 10.2 Å². The molecule has 0 fully saturated rings. The maximum Gasteiger partial charge on any atom is 0.225 e. The fraction of sp³-hybridized carbons (Fsp3) is 0.533. The van der Waals surface area contributed by atoms with Gasteiger partial charge < -0.3 is 20.7 Å². The van der Waals surface area contributed by atoms with E-state index in [4.69, 9.17) is 10.5 Å². The maximum atomic E-state index is 11.9. The zero-order valence-corrected chi connectivity index (χ0v) is 12.6. The van der Waals surface area contributed by atoms with Gasteiger partial charge in [-0.1, -0.05) is 6.07 Å². The van der Waals surface area contributed by atoms with Gasteiger partial charge in [0.05, 0.1) is 0 Å². The van der Waals surface area contributed by atoms with E-state index in [1.165, 1.54) is 0 Å². The minimum Gasteiger partial charge on any atom is -0.398 e. The third kappa shape index (κ3) is 5.59. The summed E-state index contributed by atoms with van der Waals surface area (Å²) in [5.41, 5.74) is 8.21. The molecule has 5 nitrogen and oxygen atoms in total. The number of methoxy groups -OCH3 is 1. The fourth-order valence-corrected chi connectivity index (χ4v) is 1.88. The Labute approximate surface area is 121 Å². The molecule has 0 spiro atoms. The summed E-state index contributed by atoms with van der Waals surface area (Å²) in [6.45, 7) is 4.32. The van der Waals surface area contributed by atoms with Gasteiger partial charge in [0, 0.05) is 44.6 Å². The Bertz CT molecular complexity index is 435. The van der Waals surface area contributed by atoms with E-state index in [1.807, 2.05) is 32.2 Å². The number of anilines is 2. The quantitative estimate of drug-likeness (QED) is 0.563. The van der Waals surface area contributed by atoms with Crippen molar-refractivity contribution < 1.29 is 9.53 Å². The van der Waals surface area contributed by atoms with Crippen LogP contribution in [0.15, 0.2) is 18.2 Å². The highest BCUT2D eigenvalue weighted by Crippen LogP contribution is 2.20. The van der Waals surface area contributed by atoms with Crippen LogP contribution in [0.1, 0.15) is 18.4 Å². The lowest BCUT2D eigenvalue weighted by Gasteiger charge is -2.16. The molecular formula is C15H25N3O2. The molecule has 0 heterocycles. The van der Waals surface area contributed by atoms with Gasteiger partial charge in [0.2, 0.25) is 5.91 Å². The smallest absolute Gasteiger partial charge is 0.225 e. The second-order valence-corrected chi connectivity index (χ2v) is 4.97. The molecule has 0 radical (unpaired) electrons. The Kier molecular flexibility index (Phi) is 7.04. The molecule has 0 aliphatic carbocycles. The molecule has 5 heteroatoms. The van der Waals surface area contributed by atoms with Gasteiger partial charge in [-0.2, -0.15) is 0 Å². The van der Waals surface area contributed by atoms with Gasteiger partial charge in [0.1, 0.15) is 0 Å². The summed E-state index contributed by atoms with van der Waals surface area (Å²) in [5.74, 6) is 0.0114. The lowest BCUT2D eigenvalue weighted by molar-refractivity contribution is -0.116. The lowest BCUT2D eigenvalue weighted by atomic mass is 10.1. The highest BCUT2D eigenvalue weighted by atomic mass is 16.5. The summed E-state index contributed by atoms with van der Waals surface area (Å²) in [7, 11) is 3.70. The van der Waals surface area contributed by atoms with E-state index in [-0.39, 0.29) is 5.91 Å². The van der Waals surface area contributed by atoms with Crippen LogP contribution in [0.4, 0.5) is 11.4 Å². The normalized spacial score (nSPS) is 10.8. The molecule has 1 aromatic carbocycles. The molecule has 0 unspecified atom stereocenters. The van der Waals surface area contributed by atoms with Crippen LogP contribution in [0.3, 0.4) is 0 Å². The number of rotatable bonds is 8. The first-order valence-electron chi connectivity index (χ1n) is 6.87. The van der Waals surface area contributed by atoms with Crippen molar-refractivity contribution in [3.63, 3.8) is 0 Å². The Morgan fingerprint density at radius 1 is 1.40 bits per heavy atom. The van der Waals surface area contributed by atoms with E-state index >= 15 is 0 Å². The number of nitrogens with zero attached hydrogens (tertiary/aromatic N) is 1. The predicted molar refractivity (Wildman–Crippen MR) is 82.8 cm³/mol. The number of hydrogen-bond acceptors (Lipinski definition) is 4. The predicted octanol–water partition coefficient (Wildman–Crippen LogP) is 1.87. The van der Waals surface area contributed by atoms with Crippen molar-refractivity contribution in [3.05, 3.63) is 23.8 Å². The first-order chi connectivity index (χ1) is 9.54. The minimum absolute atomic E-state index is 0.0114. The second-order valence-electron chi connectivity index (χ2n) is 4.97. The fourth-order valence-electron chi connectivity index (χ4n) is 1.88. The SMILES string of the molecule is COCCCN(C)CCC(=O)Nc1cccc(N)c1C.